The zero-order valence-corrected chi connectivity index (χ0v) is 14.1. The lowest BCUT2D eigenvalue weighted by Crippen LogP contribution is -2.41. The molecular formula is C14H18N4O4S. The highest BCUT2D eigenvalue weighted by Gasteiger charge is 2.28. The highest BCUT2D eigenvalue weighted by atomic mass is 32.2. The fourth-order valence-electron chi connectivity index (χ4n) is 2.05. The molecule has 2 aromatic rings. The molecular weight excluding hydrogens is 320 g/mol. The van der Waals surface area contributed by atoms with Crippen LogP contribution >= 0.6 is 0 Å². The van der Waals surface area contributed by atoms with E-state index < -0.39 is 22.0 Å². The van der Waals surface area contributed by atoms with Gasteiger partial charge in [-0.3, -0.25) is 4.79 Å². The summed E-state index contributed by atoms with van der Waals surface area (Å²) in [5.41, 5.74) is 0.981. The Hall–Kier alpha value is -2.26. The molecule has 0 aromatic carbocycles. The Morgan fingerprint density at radius 1 is 1.26 bits per heavy atom. The normalized spacial score (nSPS) is 12.9. The number of pyridine rings is 1. The SMILES string of the molecule is Cc1cccc(NC(=O)[C@@H](C)NS(=O)(=O)c2c(C)noc2C)n1. The molecule has 2 heterocycles. The third-order valence-corrected chi connectivity index (χ3v) is 4.89. The van der Waals surface area contributed by atoms with Crippen molar-refractivity contribution in [2.45, 2.75) is 38.6 Å². The molecule has 0 aliphatic carbocycles. The predicted octanol–water partition coefficient (Wildman–Crippen LogP) is 1.30. The number of hydrogen-bond donors (Lipinski definition) is 2. The molecule has 0 bridgehead atoms. The van der Waals surface area contributed by atoms with Crippen molar-refractivity contribution in [2.24, 2.45) is 0 Å². The number of nitrogens with zero attached hydrogens (tertiary/aromatic N) is 2. The summed E-state index contributed by atoms with van der Waals surface area (Å²) in [5.74, 6) is 0.0137. The first-order valence-corrected chi connectivity index (χ1v) is 8.39. The lowest BCUT2D eigenvalue weighted by Gasteiger charge is -2.14. The maximum absolute atomic E-state index is 12.3. The summed E-state index contributed by atoms with van der Waals surface area (Å²) < 4.78 is 31.9. The molecule has 0 saturated carbocycles. The highest BCUT2D eigenvalue weighted by molar-refractivity contribution is 7.89. The number of carbonyl (C=O) groups excluding carboxylic acids is 1. The Labute approximate surface area is 134 Å². The minimum absolute atomic E-state index is 0.0502. The first kappa shape index (κ1) is 17.1. The van der Waals surface area contributed by atoms with Crippen LogP contribution < -0.4 is 10.0 Å². The molecule has 0 spiro atoms. The van der Waals surface area contributed by atoms with Gasteiger partial charge in [-0.15, -0.1) is 0 Å². The monoisotopic (exact) mass is 338 g/mol. The van der Waals surface area contributed by atoms with E-state index in [1.807, 2.05) is 0 Å². The van der Waals surface area contributed by atoms with E-state index in [4.69, 9.17) is 4.52 Å². The number of carbonyl (C=O) groups is 1. The summed E-state index contributed by atoms with van der Waals surface area (Å²) in [6.45, 7) is 6.25. The van der Waals surface area contributed by atoms with Crippen molar-refractivity contribution in [3.8, 4) is 0 Å². The van der Waals surface area contributed by atoms with Crippen LogP contribution in [0.2, 0.25) is 0 Å². The number of aromatic nitrogens is 2. The zero-order chi connectivity index (χ0) is 17.2. The van der Waals surface area contributed by atoms with Crippen molar-refractivity contribution in [1.82, 2.24) is 14.9 Å². The molecule has 2 N–H and O–H groups in total. The van der Waals surface area contributed by atoms with E-state index in [2.05, 4.69) is 20.2 Å². The maximum Gasteiger partial charge on any atom is 0.246 e. The van der Waals surface area contributed by atoms with Gasteiger partial charge in [0.1, 0.15) is 16.4 Å². The van der Waals surface area contributed by atoms with Crippen molar-refractivity contribution in [1.29, 1.82) is 0 Å². The smallest absolute Gasteiger partial charge is 0.246 e. The molecule has 1 atom stereocenters. The van der Waals surface area contributed by atoms with Crippen LogP contribution in [0.3, 0.4) is 0 Å². The van der Waals surface area contributed by atoms with Crippen molar-refractivity contribution in [2.75, 3.05) is 5.32 Å². The lowest BCUT2D eigenvalue weighted by molar-refractivity contribution is -0.117. The molecule has 9 heteroatoms. The number of rotatable bonds is 5. The third kappa shape index (κ3) is 3.93. The number of anilines is 1. The first-order valence-electron chi connectivity index (χ1n) is 6.90. The summed E-state index contributed by atoms with van der Waals surface area (Å²) in [5, 5.41) is 6.17. The molecule has 23 heavy (non-hydrogen) atoms. The van der Waals surface area contributed by atoms with Gasteiger partial charge in [-0.05, 0) is 39.8 Å². The van der Waals surface area contributed by atoms with Crippen molar-refractivity contribution >= 4 is 21.7 Å². The molecule has 124 valence electrons. The number of nitrogens with one attached hydrogen (secondary N) is 2. The molecule has 2 rings (SSSR count). The van der Waals surface area contributed by atoms with Gasteiger partial charge in [-0.25, -0.2) is 13.4 Å². The van der Waals surface area contributed by atoms with Gasteiger partial charge in [-0.1, -0.05) is 11.2 Å². The molecule has 0 fully saturated rings. The lowest BCUT2D eigenvalue weighted by atomic mass is 10.3. The van der Waals surface area contributed by atoms with Gasteiger partial charge in [0.15, 0.2) is 5.76 Å². The molecule has 0 radical (unpaired) electrons. The molecule has 2 aromatic heterocycles. The zero-order valence-electron chi connectivity index (χ0n) is 13.2. The number of amides is 1. The summed E-state index contributed by atoms with van der Waals surface area (Å²) in [6, 6.07) is 4.17. The van der Waals surface area contributed by atoms with Gasteiger partial charge in [0.2, 0.25) is 15.9 Å². The number of sulfonamides is 1. The topological polar surface area (TPSA) is 114 Å². The minimum Gasteiger partial charge on any atom is -0.360 e. The molecule has 0 saturated heterocycles. The molecule has 0 aliphatic heterocycles. The number of hydrogen-bond acceptors (Lipinski definition) is 6. The number of aryl methyl sites for hydroxylation is 3. The summed E-state index contributed by atoms with van der Waals surface area (Å²) in [6.07, 6.45) is 0. The highest BCUT2D eigenvalue weighted by Crippen LogP contribution is 2.19. The average Bonchev–Trinajstić information content (AvgIpc) is 2.78. The second kappa shape index (κ2) is 6.47. The van der Waals surface area contributed by atoms with E-state index in [9.17, 15) is 13.2 Å². The average molecular weight is 338 g/mol. The Morgan fingerprint density at radius 3 is 2.52 bits per heavy atom. The van der Waals surface area contributed by atoms with Gasteiger partial charge in [0.25, 0.3) is 0 Å². The standard InChI is InChI=1S/C14H18N4O4S/c1-8-6-5-7-12(15-8)16-14(19)10(3)18-23(20,21)13-9(2)17-22-11(13)4/h5-7,10,18H,1-4H3,(H,15,16,19)/t10-/m1/s1. The Morgan fingerprint density at radius 2 is 1.96 bits per heavy atom. The van der Waals surface area contributed by atoms with Crippen LogP contribution in [0.15, 0.2) is 27.6 Å². The second-order valence-corrected chi connectivity index (χ2v) is 6.80. The fraction of sp³-hybridized carbons (Fsp3) is 0.357. The quantitative estimate of drug-likeness (QED) is 0.849. The summed E-state index contributed by atoms with van der Waals surface area (Å²) in [4.78, 5) is 16.2. The van der Waals surface area contributed by atoms with Crippen LogP contribution in [0.5, 0.6) is 0 Å². The molecule has 1 amide bonds. The van der Waals surface area contributed by atoms with Crippen molar-refractivity contribution in [3.63, 3.8) is 0 Å². The maximum atomic E-state index is 12.3. The van der Waals surface area contributed by atoms with E-state index >= 15 is 0 Å². The molecule has 8 nitrogen and oxygen atoms in total. The Balaban J connectivity index is 2.12. The van der Waals surface area contributed by atoms with Crippen LogP contribution in [-0.2, 0) is 14.8 Å². The predicted molar refractivity (Wildman–Crippen MR) is 83.4 cm³/mol. The first-order chi connectivity index (χ1) is 10.7. The fourth-order valence-corrected chi connectivity index (χ4v) is 3.58. The Bertz CT molecular complexity index is 810. The van der Waals surface area contributed by atoms with Crippen LogP contribution in [-0.4, -0.2) is 30.5 Å². The van der Waals surface area contributed by atoms with E-state index in [1.165, 1.54) is 20.8 Å². The van der Waals surface area contributed by atoms with Crippen LogP contribution in [0.25, 0.3) is 0 Å². The summed E-state index contributed by atoms with van der Waals surface area (Å²) >= 11 is 0. The van der Waals surface area contributed by atoms with Gasteiger partial charge < -0.3 is 9.84 Å². The second-order valence-electron chi connectivity index (χ2n) is 5.15. The van der Waals surface area contributed by atoms with Crippen LogP contribution in [0.4, 0.5) is 5.82 Å². The minimum atomic E-state index is -3.91. The summed E-state index contributed by atoms with van der Waals surface area (Å²) in [7, 11) is -3.91. The van der Waals surface area contributed by atoms with Gasteiger partial charge in [0, 0.05) is 5.69 Å². The largest absolute Gasteiger partial charge is 0.360 e. The van der Waals surface area contributed by atoms with Crippen LogP contribution in [0.1, 0.15) is 24.1 Å². The van der Waals surface area contributed by atoms with Gasteiger partial charge in [0.05, 0.1) is 6.04 Å². The molecule has 0 aliphatic rings. The van der Waals surface area contributed by atoms with Gasteiger partial charge >= 0.3 is 0 Å². The molecule has 0 unspecified atom stereocenters. The van der Waals surface area contributed by atoms with E-state index in [0.717, 1.165) is 5.69 Å². The van der Waals surface area contributed by atoms with Gasteiger partial charge in [-0.2, -0.15) is 4.72 Å². The van der Waals surface area contributed by atoms with E-state index in [1.54, 1.807) is 25.1 Å². The van der Waals surface area contributed by atoms with Crippen molar-refractivity contribution < 1.29 is 17.7 Å². The van der Waals surface area contributed by atoms with Crippen molar-refractivity contribution in [3.05, 3.63) is 35.3 Å². The third-order valence-electron chi connectivity index (χ3n) is 3.10. The van der Waals surface area contributed by atoms with E-state index in [0.29, 0.717) is 5.82 Å². The van der Waals surface area contributed by atoms with Crippen LogP contribution in [0, 0.1) is 20.8 Å². The Kier molecular flexibility index (Phi) is 4.81. The van der Waals surface area contributed by atoms with E-state index in [-0.39, 0.29) is 16.3 Å².